The third-order valence-electron chi connectivity index (χ3n) is 4.07. The first-order valence-electron chi connectivity index (χ1n) is 8.06. The summed E-state index contributed by atoms with van der Waals surface area (Å²) in [5.74, 6) is -0.835. The first kappa shape index (κ1) is 18.1. The van der Waals surface area contributed by atoms with Crippen LogP contribution in [0, 0.1) is 0 Å². The Hall–Kier alpha value is -2.73. The van der Waals surface area contributed by atoms with Gasteiger partial charge in [-0.3, -0.25) is 9.78 Å². The second-order valence-electron chi connectivity index (χ2n) is 5.72. The molecule has 0 fully saturated rings. The average molecular weight is 413 g/mol. The van der Waals surface area contributed by atoms with E-state index in [0.717, 1.165) is 20.9 Å². The number of carbonyl (C=O) groups excluding carboxylic acids is 2. The molecular weight excluding hydrogens is 396 g/mol. The van der Waals surface area contributed by atoms with Crippen LogP contribution in [0.4, 0.5) is 0 Å². The van der Waals surface area contributed by atoms with E-state index < -0.39 is 12.0 Å². The second kappa shape index (κ2) is 8.10. The Bertz CT molecular complexity index is 953. The summed E-state index contributed by atoms with van der Waals surface area (Å²) >= 11 is 3.47. The van der Waals surface area contributed by atoms with Gasteiger partial charge in [-0.1, -0.05) is 52.3 Å². The van der Waals surface area contributed by atoms with Crippen LogP contribution in [0.15, 0.2) is 65.3 Å². The molecule has 1 atom stereocenters. The van der Waals surface area contributed by atoms with E-state index in [1.54, 1.807) is 12.3 Å². The number of nitrogens with one attached hydrogen (secondary N) is 1. The molecule has 1 N–H and O–H groups in total. The molecule has 5 nitrogen and oxygen atoms in total. The van der Waals surface area contributed by atoms with Crippen molar-refractivity contribution in [2.24, 2.45) is 0 Å². The first-order valence-corrected chi connectivity index (χ1v) is 8.85. The summed E-state index contributed by atoms with van der Waals surface area (Å²) in [6.45, 7) is 0. The largest absolute Gasteiger partial charge is 0.467 e. The minimum Gasteiger partial charge on any atom is -0.467 e. The predicted molar refractivity (Wildman–Crippen MR) is 103 cm³/mol. The highest BCUT2D eigenvalue weighted by atomic mass is 79.9. The molecule has 6 heteroatoms. The molecule has 3 aromatic rings. The summed E-state index contributed by atoms with van der Waals surface area (Å²) in [6.07, 6.45) is 1.90. The van der Waals surface area contributed by atoms with Crippen LogP contribution in [0.3, 0.4) is 0 Å². The third kappa shape index (κ3) is 3.91. The molecule has 1 amide bonds. The number of fused-ring (bicyclic) bond motifs is 1. The molecule has 0 aliphatic rings. The van der Waals surface area contributed by atoms with Crippen LogP contribution < -0.4 is 5.32 Å². The van der Waals surface area contributed by atoms with Gasteiger partial charge in [0, 0.05) is 22.5 Å². The first-order chi connectivity index (χ1) is 12.6. The molecule has 3 rings (SSSR count). The van der Waals surface area contributed by atoms with Crippen LogP contribution in [0.1, 0.15) is 15.9 Å². The van der Waals surface area contributed by atoms with E-state index in [-0.39, 0.29) is 5.91 Å². The number of carbonyl (C=O) groups is 2. The standard InChI is InChI=1S/C20H17BrN2O3/c1-26-20(25)18(12-13-6-2-4-8-16(13)21)23-19(24)15-10-11-22-17-9-5-3-7-14(15)17/h2-11,18H,12H2,1H3,(H,23,24)/t18-/m0/s1. The maximum absolute atomic E-state index is 12.8. The van der Waals surface area contributed by atoms with Crippen LogP contribution in [-0.2, 0) is 16.0 Å². The number of halogens is 1. The predicted octanol–water partition coefficient (Wildman–Crippen LogP) is 3.51. The quantitative estimate of drug-likeness (QED) is 0.651. The van der Waals surface area contributed by atoms with E-state index in [0.29, 0.717) is 12.0 Å². The number of pyridine rings is 1. The lowest BCUT2D eigenvalue weighted by Gasteiger charge is -2.18. The maximum Gasteiger partial charge on any atom is 0.328 e. The smallest absolute Gasteiger partial charge is 0.328 e. The zero-order valence-corrected chi connectivity index (χ0v) is 15.7. The van der Waals surface area contributed by atoms with Crippen molar-refractivity contribution in [3.05, 3.63) is 76.4 Å². The maximum atomic E-state index is 12.8. The van der Waals surface area contributed by atoms with Gasteiger partial charge in [0.2, 0.25) is 0 Å². The van der Waals surface area contributed by atoms with Crippen molar-refractivity contribution in [3.63, 3.8) is 0 Å². The molecule has 0 aliphatic heterocycles. The van der Waals surface area contributed by atoms with Crippen LogP contribution in [-0.4, -0.2) is 30.0 Å². The number of methoxy groups -OCH3 is 1. The lowest BCUT2D eigenvalue weighted by Crippen LogP contribution is -2.43. The van der Waals surface area contributed by atoms with Crippen LogP contribution in [0.25, 0.3) is 10.9 Å². The molecule has 132 valence electrons. The fourth-order valence-corrected chi connectivity index (χ4v) is 3.20. The summed E-state index contributed by atoms with van der Waals surface area (Å²) in [7, 11) is 1.31. The molecular formula is C20H17BrN2O3. The van der Waals surface area contributed by atoms with E-state index >= 15 is 0 Å². The topological polar surface area (TPSA) is 68.3 Å². The van der Waals surface area contributed by atoms with Gasteiger partial charge in [0.1, 0.15) is 6.04 Å². The fourth-order valence-electron chi connectivity index (χ4n) is 2.75. The molecule has 0 radical (unpaired) electrons. The van der Waals surface area contributed by atoms with E-state index in [9.17, 15) is 9.59 Å². The minimum absolute atomic E-state index is 0.322. The molecule has 0 unspecified atom stereocenters. The number of para-hydroxylation sites is 1. The van der Waals surface area contributed by atoms with Crippen molar-refractivity contribution in [3.8, 4) is 0 Å². The lowest BCUT2D eigenvalue weighted by atomic mass is 10.0. The SMILES string of the molecule is COC(=O)[C@H](Cc1ccccc1Br)NC(=O)c1ccnc2ccccc12. The summed E-state index contributed by atoms with van der Waals surface area (Å²) in [6, 6.07) is 15.8. The number of ether oxygens (including phenoxy) is 1. The molecule has 0 saturated carbocycles. The van der Waals surface area contributed by atoms with Crippen molar-refractivity contribution in [1.29, 1.82) is 0 Å². The van der Waals surface area contributed by atoms with Gasteiger partial charge in [0.15, 0.2) is 0 Å². The van der Waals surface area contributed by atoms with Gasteiger partial charge >= 0.3 is 5.97 Å². The highest BCUT2D eigenvalue weighted by Crippen LogP contribution is 2.19. The Balaban J connectivity index is 1.88. The molecule has 0 spiro atoms. The van der Waals surface area contributed by atoms with Gasteiger partial charge in [-0.2, -0.15) is 0 Å². The molecule has 0 saturated heterocycles. The average Bonchev–Trinajstić information content (AvgIpc) is 2.67. The Morgan fingerprint density at radius 3 is 2.62 bits per heavy atom. The van der Waals surface area contributed by atoms with Gasteiger partial charge in [-0.15, -0.1) is 0 Å². The van der Waals surface area contributed by atoms with Crippen LogP contribution in [0.5, 0.6) is 0 Å². The van der Waals surface area contributed by atoms with E-state index in [1.807, 2.05) is 48.5 Å². The van der Waals surface area contributed by atoms with E-state index in [1.165, 1.54) is 7.11 Å². The number of amides is 1. The summed E-state index contributed by atoms with van der Waals surface area (Å²) in [5, 5.41) is 3.52. The van der Waals surface area contributed by atoms with Crippen molar-refractivity contribution >= 4 is 38.7 Å². The number of benzene rings is 2. The molecule has 0 aliphatic carbocycles. The Labute approximate surface area is 159 Å². The van der Waals surface area contributed by atoms with Crippen molar-refractivity contribution < 1.29 is 14.3 Å². The van der Waals surface area contributed by atoms with E-state index in [4.69, 9.17) is 4.74 Å². The molecule has 1 heterocycles. The number of nitrogens with zero attached hydrogens (tertiary/aromatic N) is 1. The minimum atomic E-state index is -0.793. The number of rotatable bonds is 5. The van der Waals surface area contributed by atoms with Crippen LogP contribution in [0.2, 0.25) is 0 Å². The highest BCUT2D eigenvalue weighted by molar-refractivity contribution is 9.10. The molecule has 26 heavy (non-hydrogen) atoms. The Morgan fingerprint density at radius 1 is 1.12 bits per heavy atom. The lowest BCUT2D eigenvalue weighted by molar-refractivity contribution is -0.142. The summed E-state index contributed by atoms with van der Waals surface area (Å²) in [5.41, 5.74) is 2.10. The Kier molecular flexibility index (Phi) is 5.63. The zero-order valence-electron chi connectivity index (χ0n) is 14.1. The highest BCUT2D eigenvalue weighted by Gasteiger charge is 2.24. The fraction of sp³-hybridized carbons (Fsp3) is 0.150. The van der Waals surface area contributed by atoms with Gasteiger partial charge in [-0.25, -0.2) is 4.79 Å². The van der Waals surface area contributed by atoms with E-state index in [2.05, 4.69) is 26.2 Å². The van der Waals surface area contributed by atoms with Crippen molar-refractivity contribution in [1.82, 2.24) is 10.3 Å². The van der Waals surface area contributed by atoms with Gasteiger partial charge in [-0.05, 0) is 23.8 Å². The molecule has 0 bridgehead atoms. The molecule has 1 aromatic heterocycles. The zero-order chi connectivity index (χ0) is 18.5. The van der Waals surface area contributed by atoms with Crippen molar-refractivity contribution in [2.45, 2.75) is 12.5 Å². The Morgan fingerprint density at radius 2 is 1.85 bits per heavy atom. The summed E-state index contributed by atoms with van der Waals surface area (Å²) < 4.78 is 5.74. The van der Waals surface area contributed by atoms with Gasteiger partial charge in [0.05, 0.1) is 18.2 Å². The number of esters is 1. The second-order valence-corrected chi connectivity index (χ2v) is 6.57. The van der Waals surface area contributed by atoms with Gasteiger partial charge < -0.3 is 10.1 Å². The van der Waals surface area contributed by atoms with Crippen molar-refractivity contribution in [2.75, 3.05) is 7.11 Å². The molecule has 2 aromatic carbocycles. The van der Waals surface area contributed by atoms with Crippen LogP contribution >= 0.6 is 15.9 Å². The normalized spacial score (nSPS) is 11.8. The number of hydrogen-bond donors (Lipinski definition) is 1. The van der Waals surface area contributed by atoms with Gasteiger partial charge in [0.25, 0.3) is 5.91 Å². The number of hydrogen-bond acceptors (Lipinski definition) is 4. The third-order valence-corrected chi connectivity index (χ3v) is 4.84. The number of aromatic nitrogens is 1. The summed E-state index contributed by atoms with van der Waals surface area (Å²) in [4.78, 5) is 29.3. The monoisotopic (exact) mass is 412 g/mol.